The van der Waals surface area contributed by atoms with Crippen molar-refractivity contribution in [3.63, 3.8) is 0 Å². The standard InChI is InChI=1S/C21H18FN3OS2/c1-12-8-16(13(2)25(12)3)18(26)10-27-21-20-17(23-11-24-21)9-19(28-20)14-4-6-15(22)7-5-14/h4-9,11H,10H2,1-3H3. The maximum Gasteiger partial charge on any atom is 0.174 e. The van der Waals surface area contributed by atoms with Gasteiger partial charge in [0.1, 0.15) is 17.2 Å². The minimum Gasteiger partial charge on any atom is -0.351 e. The van der Waals surface area contributed by atoms with Crippen LogP contribution in [0, 0.1) is 19.7 Å². The minimum atomic E-state index is -0.258. The molecule has 3 heterocycles. The number of ketones is 1. The predicted octanol–water partition coefficient (Wildman–Crippen LogP) is 5.43. The molecule has 7 heteroatoms. The quantitative estimate of drug-likeness (QED) is 0.250. The molecule has 0 spiro atoms. The van der Waals surface area contributed by atoms with Crippen molar-refractivity contribution in [2.24, 2.45) is 7.05 Å². The number of thioether (sulfide) groups is 1. The number of hydrogen-bond acceptors (Lipinski definition) is 5. The fourth-order valence-corrected chi connectivity index (χ4v) is 5.12. The third kappa shape index (κ3) is 3.47. The number of aryl methyl sites for hydroxylation is 1. The molecule has 0 N–H and O–H groups in total. The lowest BCUT2D eigenvalue weighted by Crippen LogP contribution is -2.04. The van der Waals surface area contributed by atoms with E-state index >= 15 is 0 Å². The summed E-state index contributed by atoms with van der Waals surface area (Å²) < 4.78 is 16.2. The van der Waals surface area contributed by atoms with Gasteiger partial charge in [-0.15, -0.1) is 11.3 Å². The van der Waals surface area contributed by atoms with Gasteiger partial charge in [0.05, 0.1) is 16.0 Å². The summed E-state index contributed by atoms with van der Waals surface area (Å²) in [6.07, 6.45) is 1.52. The average Bonchev–Trinajstić information content (AvgIpc) is 3.24. The molecule has 142 valence electrons. The molecule has 28 heavy (non-hydrogen) atoms. The molecule has 0 saturated carbocycles. The zero-order valence-electron chi connectivity index (χ0n) is 15.7. The number of thiophene rings is 1. The van der Waals surface area contributed by atoms with Crippen LogP contribution in [-0.2, 0) is 7.05 Å². The van der Waals surface area contributed by atoms with Crippen molar-refractivity contribution in [3.05, 3.63) is 65.5 Å². The summed E-state index contributed by atoms with van der Waals surface area (Å²) in [6.45, 7) is 3.95. The number of carbonyl (C=O) groups is 1. The van der Waals surface area contributed by atoms with Crippen LogP contribution in [0.5, 0.6) is 0 Å². The van der Waals surface area contributed by atoms with Gasteiger partial charge >= 0.3 is 0 Å². The van der Waals surface area contributed by atoms with Crippen molar-refractivity contribution in [2.45, 2.75) is 18.9 Å². The van der Waals surface area contributed by atoms with Gasteiger partial charge in [-0.05, 0) is 43.7 Å². The van der Waals surface area contributed by atoms with Crippen LogP contribution in [0.4, 0.5) is 4.39 Å². The molecule has 0 aliphatic carbocycles. The molecule has 3 aromatic heterocycles. The van der Waals surface area contributed by atoms with Gasteiger partial charge in [-0.1, -0.05) is 23.9 Å². The van der Waals surface area contributed by atoms with E-state index in [1.807, 2.05) is 37.6 Å². The molecule has 0 aliphatic heterocycles. The summed E-state index contributed by atoms with van der Waals surface area (Å²) in [6, 6.07) is 10.3. The number of aromatic nitrogens is 3. The Bertz CT molecular complexity index is 1180. The van der Waals surface area contributed by atoms with Gasteiger partial charge in [-0.3, -0.25) is 4.79 Å². The molecule has 0 fully saturated rings. The van der Waals surface area contributed by atoms with Crippen molar-refractivity contribution in [1.29, 1.82) is 0 Å². The van der Waals surface area contributed by atoms with Crippen LogP contribution in [0.1, 0.15) is 21.7 Å². The van der Waals surface area contributed by atoms with Crippen molar-refractivity contribution in [3.8, 4) is 10.4 Å². The van der Waals surface area contributed by atoms with Crippen LogP contribution >= 0.6 is 23.1 Å². The highest BCUT2D eigenvalue weighted by molar-refractivity contribution is 8.00. The van der Waals surface area contributed by atoms with E-state index < -0.39 is 0 Å². The zero-order valence-corrected chi connectivity index (χ0v) is 17.3. The third-order valence-electron chi connectivity index (χ3n) is 4.82. The van der Waals surface area contributed by atoms with Gasteiger partial charge in [0.2, 0.25) is 0 Å². The summed E-state index contributed by atoms with van der Waals surface area (Å²) in [7, 11) is 1.96. The second kappa shape index (κ2) is 7.48. The minimum absolute atomic E-state index is 0.0910. The van der Waals surface area contributed by atoms with E-state index in [9.17, 15) is 9.18 Å². The van der Waals surface area contributed by atoms with Gasteiger partial charge in [0, 0.05) is 28.9 Å². The number of benzene rings is 1. The Hall–Kier alpha value is -2.51. The number of carbonyl (C=O) groups excluding carboxylic acids is 1. The van der Waals surface area contributed by atoms with E-state index in [2.05, 4.69) is 9.97 Å². The van der Waals surface area contributed by atoms with Gasteiger partial charge in [-0.25, -0.2) is 14.4 Å². The Kier molecular flexibility index (Phi) is 5.03. The van der Waals surface area contributed by atoms with Crippen LogP contribution in [0.3, 0.4) is 0 Å². The fourth-order valence-electron chi connectivity index (χ4n) is 3.04. The maximum atomic E-state index is 13.2. The summed E-state index contributed by atoms with van der Waals surface area (Å²) in [5.41, 5.74) is 4.58. The highest BCUT2D eigenvalue weighted by Crippen LogP contribution is 2.37. The molecular formula is C21H18FN3OS2. The Labute approximate surface area is 170 Å². The van der Waals surface area contributed by atoms with Gasteiger partial charge < -0.3 is 4.57 Å². The number of fused-ring (bicyclic) bond motifs is 1. The highest BCUT2D eigenvalue weighted by Gasteiger charge is 2.16. The van der Waals surface area contributed by atoms with Crippen LogP contribution < -0.4 is 0 Å². The van der Waals surface area contributed by atoms with E-state index in [0.717, 1.165) is 42.6 Å². The molecule has 4 aromatic rings. The SMILES string of the molecule is Cc1cc(C(=O)CSc2ncnc3cc(-c4ccc(F)cc4)sc23)c(C)n1C. The molecular weight excluding hydrogens is 393 g/mol. The molecule has 0 amide bonds. The lowest BCUT2D eigenvalue weighted by Gasteiger charge is -2.03. The summed E-state index contributed by atoms with van der Waals surface area (Å²) in [4.78, 5) is 22.4. The van der Waals surface area contributed by atoms with Gasteiger partial charge in [0.15, 0.2) is 5.78 Å². The van der Waals surface area contributed by atoms with Crippen LogP contribution in [0.15, 0.2) is 47.8 Å². The maximum absolute atomic E-state index is 13.2. The van der Waals surface area contributed by atoms with Crippen LogP contribution in [0.2, 0.25) is 0 Å². The van der Waals surface area contributed by atoms with Crippen molar-refractivity contribution >= 4 is 39.1 Å². The zero-order chi connectivity index (χ0) is 19.8. The third-order valence-corrected chi connectivity index (χ3v) is 7.12. The second-order valence-corrected chi connectivity index (χ2v) is 8.58. The first kappa shape index (κ1) is 18.8. The first-order valence-corrected chi connectivity index (χ1v) is 10.5. The fraction of sp³-hybridized carbons (Fsp3) is 0.190. The largest absolute Gasteiger partial charge is 0.351 e. The monoisotopic (exact) mass is 411 g/mol. The molecule has 4 nitrogen and oxygen atoms in total. The molecule has 0 atom stereocenters. The molecule has 0 unspecified atom stereocenters. The molecule has 0 saturated heterocycles. The first-order valence-electron chi connectivity index (χ1n) is 8.73. The van der Waals surface area contributed by atoms with E-state index in [1.165, 1.54) is 30.2 Å². The Morgan fingerprint density at radius 2 is 1.93 bits per heavy atom. The molecule has 1 aromatic carbocycles. The number of nitrogens with zero attached hydrogens (tertiary/aromatic N) is 3. The molecule has 0 bridgehead atoms. The number of rotatable bonds is 5. The van der Waals surface area contributed by atoms with E-state index in [4.69, 9.17) is 0 Å². The van der Waals surface area contributed by atoms with Gasteiger partial charge in [0.25, 0.3) is 0 Å². The smallest absolute Gasteiger partial charge is 0.174 e. The topological polar surface area (TPSA) is 47.8 Å². The highest BCUT2D eigenvalue weighted by atomic mass is 32.2. The predicted molar refractivity (Wildman–Crippen MR) is 113 cm³/mol. The van der Waals surface area contributed by atoms with Crippen LogP contribution in [0.25, 0.3) is 20.7 Å². The summed E-state index contributed by atoms with van der Waals surface area (Å²) in [5, 5.41) is 0.794. The average molecular weight is 412 g/mol. The lowest BCUT2D eigenvalue weighted by molar-refractivity contribution is 0.102. The van der Waals surface area contributed by atoms with Crippen molar-refractivity contribution < 1.29 is 9.18 Å². The Morgan fingerprint density at radius 3 is 2.61 bits per heavy atom. The van der Waals surface area contributed by atoms with E-state index in [1.54, 1.807) is 23.5 Å². The first-order chi connectivity index (χ1) is 13.4. The molecule has 0 aliphatic rings. The normalized spacial score (nSPS) is 11.3. The Balaban J connectivity index is 1.59. The van der Waals surface area contributed by atoms with Crippen molar-refractivity contribution in [1.82, 2.24) is 14.5 Å². The molecule has 0 radical (unpaired) electrons. The van der Waals surface area contributed by atoms with Crippen molar-refractivity contribution in [2.75, 3.05) is 5.75 Å². The lowest BCUT2D eigenvalue weighted by atomic mass is 10.2. The number of Topliss-reactive ketones (excluding diaryl/α,β-unsaturated/α-hetero) is 1. The van der Waals surface area contributed by atoms with Gasteiger partial charge in [-0.2, -0.15) is 0 Å². The number of halogens is 1. The number of hydrogen-bond donors (Lipinski definition) is 0. The Morgan fingerprint density at radius 1 is 1.18 bits per heavy atom. The molecule has 4 rings (SSSR count). The summed E-state index contributed by atoms with van der Waals surface area (Å²) >= 11 is 2.98. The van der Waals surface area contributed by atoms with E-state index in [-0.39, 0.29) is 11.6 Å². The summed E-state index contributed by atoms with van der Waals surface area (Å²) in [5.74, 6) is 0.152. The second-order valence-electron chi connectivity index (χ2n) is 6.57. The van der Waals surface area contributed by atoms with Crippen LogP contribution in [-0.4, -0.2) is 26.1 Å². The van der Waals surface area contributed by atoms with E-state index in [0.29, 0.717) is 5.75 Å².